The molecule has 8 heteroatoms. The second kappa shape index (κ2) is 9.50. The Labute approximate surface area is 158 Å². The molecule has 3 N–H and O–H groups in total. The molecule has 1 aliphatic carbocycles. The van der Waals surface area contributed by atoms with E-state index in [4.69, 9.17) is 5.73 Å². The Morgan fingerprint density at radius 2 is 2.04 bits per heavy atom. The van der Waals surface area contributed by atoms with Crippen molar-refractivity contribution in [2.45, 2.75) is 57.5 Å². The topological polar surface area (TPSA) is 110 Å². The number of nitrogens with two attached hydrogens (primary N) is 1. The fraction of sp³-hybridized carbons (Fsp3) is 0.778. The van der Waals surface area contributed by atoms with Crippen molar-refractivity contribution in [3.05, 3.63) is 0 Å². The van der Waals surface area contributed by atoms with Crippen molar-refractivity contribution in [3.63, 3.8) is 0 Å². The normalized spacial score (nSPS) is 27.3. The smallest absolute Gasteiger partial charge is 0.249 e. The van der Waals surface area contributed by atoms with Gasteiger partial charge in [0.25, 0.3) is 0 Å². The van der Waals surface area contributed by atoms with E-state index in [0.717, 1.165) is 5.75 Å². The van der Waals surface area contributed by atoms with Crippen molar-refractivity contribution < 1.29 is 19.2 Å². The molecule has 0 radical (unpaired) electrons. The third-order valence-corrected chi connectivity index (χ3v) is 6.03. The lowest BCUT2D eigenvalue weighted by molar-refractivity contribution is -0.143. The van der Waals surface area contributed by atoms with Gasteiger partial charge in [0.05, 0.1) is 6.04 Å². The Hall–Kier alpha value is -1.41. The molecule has 146 valence electrons. The van der Waals surface area contributed by atoms with E-state index < -0.39 is 29.8 Å². The Morgan fingerprint density at radius 3 is 2.73 bits per heavy atom. The van der Waals surface area contributed by atoms with Gasteiger partial charge in [0.15, 0.2) is 0 Å². The van der Waals surface area contributed by atoms with Crippen LogP contribution >= 0.6 is 11.8 Å². The number of likely N-dealkylation sites (tertiary alicyclic amines) is 1. The van der Waals surface area contributed by atoms with Gasteiger partial charge in [-0.15, -0.1) is 0 Å². The summed E-state index contributed by atoms with van der Waals surface area (Å²) in [5.41, 5.74) is 5.96. The number of carbonyl (C=O) groups is 4. The summed E-state index contributed by atoms with van der Waals surface area (Å²) in [4.78, 5) is 50.7. The van der Waals surface area contributed by atoms with Gasteiger partial charge < -0.3 is 10.6 Å². The molecule has 4 atom stereocenters. The summed E-state index contributed by atoms with van der Waals surface area (Å²) in [6.45, 7) is 2.41. The number of thioether (sulfide) groups is 1. The maximum absolute atomic E-state index is 12.6. The second-order valence-corrected chi connectivity index (χ2v) is 8.28. The molecule has 1 saturated heterocycles. The van der Waals surface area contributed by atoms with Crippen molar-refractivity contribution in [1.29, 1.82) is 0 Å². The minimum Gasteiger partial charge on any atom is -0.329 e. The highest BCUT2D eigenvalue weighted by Gasteiger charge is 2.38. The summed E-state index contributed by atoms with van der Waals surface area (Å²) < 4.78 is 0. The maximum Gasteiger partial charge on any atom is 0.249 e. The Balaban J connectivity index is 1.95. The highest BCUT2D eigenvalue weighted by Crippen LogP contribution is 2.28. The van der Waals surface area contributed by atoms with Crippen LogP contribution in [0.5, 0.6) is 0 Å². The zero-order valence-corrected chi connectivity index (χ0v) is 16.3. The van der Waals surface area contributed by atoms with E-state index >= 15 is 0 Å². The molecule has 2 rings (SSSR count). The highest BCUT2D eigenvalue weighted by molar-refractivity contribution is 7.98. The van der Waals surface area contributed by atoms with E-state index in [1.807, 2.05) is 13.2 Å². The van der Waals surface area contributed by atoms with Crippen LogP contribution in [0.15, 0.2) is 0 Å². The van der Waals surface area contributed by atoms with Crippen molar-refractivity contribution in [2.24, 2.45) is 17.6 Å². The van der Waals surface area contributed by atoms with Crippen LogP contribution in [0, 0.1) is 11.8 Å². The summed E-state index contributed by atoms with van der Waals surface area (Å²) >= 11 is 1.62. The number of rotatable bonds is 6. The van der Waals surface area contributed by atoms with Crippen molar-refractivity contribution >= 4 is 35.3 Å². The number of amides is 3. The van der Waals surface area contributed by atoms with Crippen LogP contribution in [0.25, 0.3) is 0 Å². The average Bonchev–Trinajstić information content (AvgIpc) is 3.10. The Kier molecular flexibility index (Phi) is 7.64. The number of ketones is 1. The number of Topliss-reactive ketones (excluding diaryl/α,β-unsaturated/α-hetero) is 1. The first-order chi connectivity index (χ1) is 12.3. The van der Waals surface area contributed by atoms with Crippen LogP contribution < -0.4 is 11.1 Å². The van der Waals surface area contributed by atoms with E-state index in [0.29, 0.717) is 38.6 Å². The molecule has 2 fully saturated rings. The number of imide groups is 1. The second-order valence-electron chi connectivity index (χ2n) is 7.30. The number of hydrogen-bond acceptors (Lipinski definition) is 6. The fourth-order valence-corrected chi connectivity index (χ4v) is 4.16. The number of carbonyl (C=O) groups excluding carboxylic acids is 4. The van der Waals surface area contributed by atoms with Crippen LogP contribution in [0.3, 0.4) is 0 Å². The van der Waals surface area contributed by atoms with E-state index in [1.165, 1.54) is 4.90 Å². The molecule has 3 amide bonds. The predicted molar refractivity (Wildman–Crippen MR) is 100 cm³/mol. The van der Waals surface area contributed by atoms with Crippen molar-refractivity contribution in [1.82, 2.24) is 10.2 Å². The summed E-state index contributed by atoms with van der Waals surface area (Å²) in [6.07, 6.45) is 5.11. The van der Waals surface area contributed by atoms with Crippen LogP contribution in [-0.2, 0) is 19.2 Å². The van der Waals surface area contributed by atoms with Gasteiger partial charge in [-0.3, -0.25) is 24.5 Å². The molecule has 0 aromatic carbocycles. The maximum atomic E-state index is 12.6. The minimum absolute atomic E-state index is 0.0631. The molecular weight excluding hydrogens is 354 g/mol. The molecule has 2 aliphatic rings. The average molecular weight is 384 g/mol. The number of nitrogens with one attached hydrogen (secondary N) is 1. The van der Waals surface area contributed by atoms with Crippen molar-refractivity contribution in [2.75, 3.05) is 18.6 Å². The quantitative estimate of drug-likeness (QED) is 0.654. The zero-order chi connectivity index (χ0) is 19.3. The minimum atomic E-state index is -0.652. The highest BCUT2D eigenvalue weighted by atomic mass is 32.2. The molecule has 1 aliphatic heterocycles. The molecule has 1 heterocycles. The SMILES string of the molecule is CSCC[C@H](N)C(=O)N1CCC[C@H]1C(=O)NC(=O)C1CC(=O)CCC1C. The Bertz CT molecular complexity index is 569. The zero-order valence-electron chi connectivity index (χ0n) is 15.5. The third-order valence-electron chi connectivity index (χ3n) is 5.38. The molecule has 0 spiro atoms. The first kappa shape index (κ1) is 20.9. The predicted octanol–water partition coefficient (Wildman–Crippen LogP) is 0.706. The summed E-state index contributed by atoms with van der Waals surface area (Å²) in [5.74, 6) is -0.636. The number of hydrogen-bond donors (Lipinski definition) is 2. The van der Waals surface area contributed by atoms with Gasteiger partial charge in [-0.25, -0.2) is 0 Å². The fourth-order valence-electron chi connectivity index (χ4n) is 3.67. The molecular formula is C18H29N3O4S. The third kappa shape index (κ3) is 5.07. The number of nitrogens with zero attached hydrogens (tertiary/aromatic N) is 1. The van der Waals surface area contributed by atoms with Crippen LogP contribution in [0.2, 0.25) is 0 Å². The van der Waals surface area contributed by atoms with Gasteiger partial charge in [0.2, 0.25) is 17.7 Å². The van der Waals surface area contributed by atoms with E-state index in [-0.39, 0.29) is 24.0 Å². The molecule has 0 bridgehead atoms. The van der Waals surface area contributed by atoms with Crippen LogP contribution in [0.1, 0.15) is 45.4 Å². The monoisotopic (exact) mass is 383 g/mol. The molecule has 7 nitrogen and oxygen atoms in total. The summed E-state index contributed by atoms with van der Waals surface area (Å²) in [7, 11) is 0. The summed E-state index contributed by atoms with van der Waals surface area (Å²) in [5, 5.41) is 2.44. The standard InChI is InChI=1S/C18H29N3O4S/c1-11-5-6-12(22)10-13(11)16(23)20-17(24)15-4-3-8-21(15)18(25)14(19)7-9-26-2/h11,13-15H,3-10,19H2,1-2H3,(H,20,23,24)/t11?,13?,14-,15-/m0/s1. The van der Waals surface area contributed by atoms with Gasteiger partial charge in [0.1, 0.15) is 11.8 Å². The molecule has 2 unspecified atom stereocenters. The molecule has 0 aromatic heterocycles. The van der Waals surface area contributed by atoms with Gasteiger partial charge in [-0.2, -0.15) is 11.8 Å². The molecule has 1 saturated carbocycles. The Morgan fingerprint density at radius 1 is 1.31 bits per heavy atom. The first-order valence-corrected chi connectivity index (χ1v) is 10.7. The van der Waals surface area contributed by atoms with Gasteiger partial charge in [-0.1, -0.05) is 6.92 Å². The van der Waals surface area contributed by atoms with E-state index in [9.17, 15) is 19.2 Å². The lowest BCUT2D eigenvalue weighted by Gasteiger charge is -2.29. The van der Waals surface area contributed by atoms with Gasteiger partial charge in [0, 0.05) is 25.3 Å². The van der Waals surface area contributed by atoms with Crippen molar-refractivity contribution in [3.8, 4) is 0 Å². The molecule has 26 heavy (non-hydrogen) atoms. The van der Waals surface area contributed by atoms with E-state index in [2.05, 4.69) is 5.32 Å². The molecule has 0 aromatic rings. The van der Waals surface area contributed by atoms with Gasteiger partial charge in [-0.05, 0) is 43.6 Å². The van der Waals surface area contributed by atoms with Gasteiger partial charge >= 0.3 is 0 Å². The largest absolute Gasteiger partial charge is 0.329 e. The first-order valence-electron chi connectivity index (χ1n) is 9.26. The lowest BCUT2D eigenvalue weighted by atomic mass is 9.79. The van der Waals surface area contributed by atoms with Crippen LogP contribution in [0.4, 0.5) is 0 Å². The lowest BCUT2D eigenvalue weighted by Crippen LogP contribution is -2.53. The van der Waals surface area contributed by atoms with E-state index in [1.54, 1.807) is 11.8 Å². The van der Waals surface area contributed by atoms with Crippen LogP contribution in [-0.4, -0.2) is 59.0 Å². The summed E-state index contributed by atoms with van der Waals surface area (Å²) in [6, 6.07) is -1.27.